The average molecular weight is 463 g/mol. The predicted octanol–water partition coefficient (Wildman–Crippen LogP) is 4.11. The molecule has 0 fully saturated rings. The Balaban J connectivity index is 2.19. The molecule has 5 N–H and O–H groups in total. The Bertz CT molecular complexity index is 750. The molecule has 0 bridgehead atoms. The van der Waals surface area contributed by atoms with Crippen LogP contribution in [0.1, 0.15) is 10.4 Å². The maximum atomic E-state index is 12.1. The first-order chi connectivity index (χ1) is 10.9. The van der Waals surface area contributed by atoms with E-state index in [-0.39, 0.29) is 5.56 Å². The van der Waals surface area contributed by atoms with Crippen LogP contribution in [0, 0.1) is 0 Å². The summed E-state index contributed by atoms with van der Waals surface area (Å²) in [6, 6.07) is 9.27. The van der Waals surface area contributed by atoms with Crippen molar-refractivity contribution in [1.82, 2.24) is 5.43 Å². The van der Waals surface area contributed by atoms with E-state index >= 15 is 0 Å². The summed E-state index contributed by atoms with van der Waals surface area (Å²) in [6.07, 6.45) is 0. The molecule has 120 valence electrons. The van der Waals surface area contributed by atoms with E-state index in [9.17, 15) is 9.59 Å². The quantitative estimate of drug-likeness (QED) is 0.314. The topological polar surface area (TPSA) is 96.2 Å². The summed E-state index contributed by atoms with van der Waals surface area (Å²) in [5.74, 6) is 4.62. The number of carbonyl (C=O) groups is 2. The summed E-state index contributed by atoms with van der Waals surface area (Å²) < 4.78 is 1.43. The highest BCUT2D eigenvalue weighted by Gasteiger charge is 2.13. The van der Waals surface area contributed by atoms with E-state index in [1.807, 2.05) is 5.43 Å². The van der Waals surface area contributed by atoms with Crippen LogP contribution in [-0.4, -0.2) is 11.9 Å². The zero-order valence-electron chi connectivity index (χ0n) is 11.5. The SMILES string of the molecule is NNC(=O)c1ccc(Br)cc1NC(=O)Nc1cc(Cl)cc(Br)c1. The number of halogens is 3. The Labute approximate surface area is 154 Å². The van der Waals surface area contributed by atoms with Gasteiger partial charge in [0.05, 0.1) is 11.3 Å². The van der Waals surface area contributed by atoms with Crippen LogP contribution in [-0.2, 0) is 0 Å². The van der Waals surface area contributed by atoms with Crippen molar-refractivity contribution in [1.29, 1.82) is 0 Å². The first-order valence-electron chi connectivity index (χ1n) is 6.23. The maximum absolute atomic E-state index is 12.1. The Morgan fingerprint density at radius 2 is 1.74 bits per heavy atom. The lowest BCUT2D eigenvalue weighted by Crippen LogP contribution is -2.31. The van der Waals surface area contributed by atoms with Gasteiger partial charge in [0, 0.05) is 19.7 Å². The number of benzene rings is 2. The monoisotopic (exact) mass is 460 g/mol. The number of carbonyl (C=O) groups excluding carboxylic acids is 2. The van der Waals surface area contributed by atoms with E-state index in [0.717, 1.165) is 4.47 Å². The van der Waals surface area contributed by atoms with Crippen LogP contribution < -0.4 is 21.9 Å². The molecule has 0 aliphatic carbocycles. The predicted molar refractivity (Wildman–Crippen MR) is 97.6 cm³/mol. The van der Waals surface area contributed by atoms with Crippen LogP contribution in [0.2, 0.25) is 5.02 Å². The molecule has 9 heteroatoms. The van der Waals surface area contributed by atoms with Gasteiger partial charge in [0.25, 0.3) is 5.91 Å². The van der Waals surface area contributed by atoms with Gasteiger partial charge in [0.15, 0.2) is 0 Å². The number of nitrogens with one attached hydrogen (secondary N) is 3. The van der Waals surface area contributed by atoms with Gasteiger partial charge in [-0.2, -0.15) is 0 Å². The molecule has 0 spiro atoms. The zero-order chi connectivity index (χ0) is 17.0. The average Bonchev–Trinajstić information content (AvgIpc) is 2.45. The fourth-order valence-electron chi connectivity index (χ4n) is 1.81. The van der Waals surface area contributed by atoms with Gasteiger partial charge in [-0.05, 0) is 36.4 Å². The number of nitrogens with two attached hydrogens (primary N) is 1. The van der Waals surface area contributed by atoms with Crippen LogP contribution in [0.25, 0.3) is 0 Å². The largest absolute Gasteiger partial charge is 0.323 e. The first-order valence-corrected chi connectivity index (χ1v) is 8.20. The zero-order valence-corrected chi connectivity index (χ0v) is 15.4. The lowest BCUT2D eigenvalue weighted by atomic mass is 10.1. The number of nitrogen functional groups attached to an aromatic ring is 1. The van der Waals surface area contributed by atoms with Crippen molar-refractivity contribution >= 4 is 66.8 Å². The lowest BCUT2D eigenvalue weighted by molar-refractivity contribution is 0.0954. The van der Waals surface area contributed by atoms with Crippen molar-refractivity contribution in [3.05, 3.63) is 55.9 Å². The van der Waals surface area contributed by atoms with Gasteiger partial charge < -0.3 is 10.6 Å². The molecule has 2 rings (SSSR count). The Kier molecular flexibility index (Phi) is 6.00. The fourth-order valence-corrected chi connectivity index (χ4v) is 3.03. The van der Waals surface area contributed by atoms with E-state index in [2.05, 4.69) is 42.5 Å². The highest BCUT2D eigenvalue weighted by atomic mass is 79.9. The van der Waals surface area contributed by atoms with Crippen LogP contribution in [0.3, 0.4) is 0 Å². The van der Waals surface area contributed by atoms with E-state index in [0.29, 0.717) is 20.9 Å². The molecule has 0 saturated carbocycles. The van der Waals surface area contributed by atoms with Crippen molar-refractivity contribution in [2.24, 2.45) is 5.84 Å². The number of urea groups is 1. The minimum Gasteiger partial charge on any atom is -0.308 e. The molecule has 0 unspecified atom stereocenters. The standard InChI is InChI=1S/C14H11Br2ClN4O2/c15-7-1-2-11(13(22)21-18)12(5-7)20-14(23)19-10-4-8(16)3-9(17)6-10/h1-6H,18H2,(H,21,22)(H2,19,20,23). The fraction of sp³-hybridized carbons (Fsp3) is 0. The normalized spacial score (nSPS) is 10.1. The number of amides is 3. The second kappa shape index (κ2) is 7.78. The minimum absolute atomic E-state index is 0.234. The smallest absolute Gasteiger partial charge is 0.308 e. The number of rotatable bonds is 3. The Morgan fingerprint density at radius 1 is 1.00 bits per heavy atom. The summed E-state index contributed by atoms with van der Waals surface area (Å²) in [5, 5.41) is 5.70. The summed E-state index contributed by atoms with van der Waals surface area (Å²) in [7, 11) is 0. The summed E-state index contributed by atoms with van der Waals surface area (Å²) in [5.41, 5.74) is 3.07. The van der Waals surface area contributed by atoms with E-state index in [1.165, 1.54) is 6.07 Å². The Hall–Kier alpha value is -1.61. The highest BCUT2D eigenvalue weighted by molar-refractivity contribution is 9.10. The third-order valence-corrected chi connectivity index (χ3v) is 3.90. The molecule has 0 aliphatic heterocycles. The molecule has 0 radical (unpaired) electrons. The number of hydrazine groups is 1. The van der Waals surface area contributed by atoms with Crippen LogP contribution in [0.5, 0.6) is 0 Å². The molecule has 0 saturated heterocycles. The summed E-state index contributed by atoms with van der Waals surface area (Å²) in [6.45, 7) is 0. The molecular weight excluding hydrogens is 451 g/mol. The van der Waals surface area contributed by atoms with Crippen molar-refractivity contribution in [2.75, 3.05) is 10.6 Å². The van der Waals surface area contributed by atoms with Gasteiger partial charge >= 0.3 is 6.03 Å². The summed E-state index contributed by atoms with van der Waals surface area (Å²) in [4.78, 5) is 23.8. The first kappa shape index (κ1) is 17.7. The molecular formula is C14H11Br2ClN4O2. The third-order valence-electron chi connectivity index (χ3n) is 2.73. The summed E-state index contributed by atoms with van der Waals surface area (Å²) >= 11 is 12.5. The van der Waals surface area contributed by atoms with Crippen molar-refractivity contribution in [3.8, 4) is 0 Å². The molecule has 6 nitrogen and oxygen atoms in total. The van der Waals surface area contributed by atoms with Crippen LogP contribution >= 0.6 is 43.5 Å². The molecule has 2 aromatic carbocycles. The Morgan fingerprint density at radius 3 is 2.39 bits per heavy atom. The molecule has 0 aromatic heterocycles. The second-order valence-corrected chi connectivity index (χ2v) is 6.67. The molecule has 0 atom stereocenters. The van der Waals surface area contributed by atoms with Crippen molar-refractivity contribution in [2.45, 2.75) is 0 Å². The molecule has 3 amide bonds. The molecule has 0 aliphatic rings. The number of anilines is 2. The van der Waals surface area contributed by atoms with Gasteiger partial charge in [-0.15, -0.1) is 0 Å². The van der Waals surface area contributed by atoms with Gasteiger partial charge in [-0.3, -0.25) is 10.2 Å². The van der Waals surface area contributed by atoms with Crippen LogP contribution in [0.4, 0.5) is 16.2 Å². The third kappa shape index (κ3) is 4.93. The number of hydrogen-bond donors (Lipinski definition) is 4. The number of hydrogen-bond acceptors (Lipinski definition) is 3. The van der Waals surface area contributed by atoms with Gasteiger partial charge in [-0.25, -0.2) is 10.6 Å². The van der Waals surface area contributed by atoms with E-state index in [1.54, 1.807) is 30.3 Å². The van der Waals surface area contributed by atoms with Gasteiger partial charge in [0.1, 0.15) is 0 Å². The van der Waals surface area contributed by atoms with E-state index in [4.69, 9.17) is 17.4 Å². The molecule has 0 heterocycles. The molecule has 2 aromatic rings. The van der Waals surface area contributed by atoms with Crippen LogP contribution in [0.15, 0.2) is 45.3 Å². The van der Waals surface area contributed by atoms with Crippen molar-refractivity contribution < 1.29 is 9.59 Å². The maximum Gasteiger partial charge on any atom is 0.323 e. The molecule has 23 heavy (non-hydrogen) atoms. The van der Waals surface area contributed by atoms with Crippen molar-refractivity contribution in [3.63, 3.8) is 0 Å². The highest BCUT2D eigenvalue weighted by Crippen LogP contribution is 2.24. The second-order valence-electron chi connectivity index (χ2n) is 4.40. The van der Waals surface area contributed by atoms with E-state index < -0.39 is 11.9 Å². The minimum atomic E-state index is -0.525. The lowest BCUT2D eigenvalue weighted by Gasteiger charge is -2.12. The van der Waals surface area contributed by atoms with Gasteiger partial charge in [0.2, 0.25) is 0 Å². The van der Waals surface area contributed by atoms with Gasteiger partial charge in [-0.1, -0.05) is 43.5 Å².